The van der Waals surface area contributed by atoms with Crippen LogP contribution in [0.5, 0.6) is 0 Å². The molecule has 0 bridgehead atoms. The highest BCUT2D eigenvalue weighted by Gasteiger charge is 2.26. The van der Waals surface area contributed by atoms with Crippen molar-refractivity contribution in [2.75, 3.05) is 6.54 Å². The average molecular weight is 314 g/mol. The Labute approximate surface area is 127 Å². The van der Waals surface area contributed by atoms with Crippen LogP contribution in [-0.2, 0) is 16.6 Å². The molecule has 0 saturated heterocycles. The molecule has 6 heteroatoms. The van der Waals surface area contributed by atoms with Crippen LogP contribution in [0.15, 0.2) is 17.2 Å². The van der Waals surface area contributed by atoms with Crippen LogP contribution in [0.3, 0.4) is 0 Å². The molecule has 1 saturated carbocycles. The first-order chi connectivity index (χ1) is 9.85. The van der Waals surface area contributed by atoms with Crippen LogP contribution in [0, 0.1) is 11.8 Å². The number of nitrogens with zero attached hydrogens (tertiary/aromatic N) is 1. The maximum Gasteiger partial charge on any atom is 0.242 e. The minimum atomic E-state index is -3.50. The van der Waals surface area contributed by atoms with Gasteiger partial charge in [-0.05, 0) is 38.2 Å². The zero-order chi connectivity index (χ0) is 15.6. The molecule has 0 spiro atoms. The van der Waals surface area contributed by atoms with Crippen LogP contribution in [-0.4, -0.2) is 24.6 Å². The van der Waals surface area contributed by atoms with E-state index in [0.29, 0.717) is 24.1 Å². The van der Waals surface area contributed by atoms with E-state index in [1.165, 1.54) is 12.8 Å². The summed E-state index contributed by atoms with van der Waals surface area (Å²) in [5, 5.41) is 9.35. The smallest absolute Gasteiger partial charge is 0.242 e. The molecule has 1 aromatic heterocycles. The Balaban J connectivity index is 2.12. The average Bonchev–Trinajstić information content (AvgIpc) is 3.02. The molecule has 1 aliphatic rings. The van der Waals surface area contributed by atoms with Crippen LogP contribution in [0.2, 0.25) is 0 Å². The summed E-state index contributed by atoms with van der Waals surface area (Å²) in [6, 6.07) is 1.67. The molecular formula is C15H26N2O3S. The topological polar surface area (TPSA) is 71.3 Å². The Bertz CT molecular complexity index is 578. The summed E-state index contributed by atoms with van der Waals surface area (Å²) in [7, 11) is -3.50. The SMILES string of the molecule is CC1CCCC1CNS(=O)(=O)c1cc(CO)n(C(C)C)c1. The van der Waals surface area contributed by atoms with E-state index in [0.717, 1.165) is 6.42 Å². The summed E-state index contributed by atoms with van der Waals surface area (Å²) in [5.74, 6) is 1.02. The van der Waals surface area contributed by atoms with Crippen LogP contribution in [0.25, 0.3) is 0 Å². The van der Waals surface area contributed by atoms with E-state index in [9.17, 15) is 13.5 Å². The maximum absolute atomic E-state index is 12.4. The largest absolute Gasteiger partial charge is 0.390 e. The predicted molar refractivity (Wildman–Crippen MR) is 82.4 cm³/mol. The summed E-state index contributed by atoms with van der Waals surface area (Å²) in [5.41, 5.74) is 0.625. The molecule has 21 heavy (non-hydrogen) atoms. The van der Waals surface area contributed by atoms with Crippen LogP contribution < -0.4 is 4.72 Å². The van der Waals surface area contributed by atoms with E-state index in [1.54, 1.807) is 16.8 Å². The number of aliphatic hydroxyl groups excluding tert-OH is 1. The Hall–Kier alpha value is -0.850. The van der Waals surface area contributed by atoms with Crippen molar-refractivity contribution >= 4 is 10.0 Å². The summed E-state index contributed by atoms with van der Waals surface area (Å²) < 4.78 is 29.3. The molecule has 1 aliphatic carbocycles. The number of sulfonamides is 1. The van der Waals surface area contributed by atoms with Crippen molar-refractivity contribution in [2.24, 2.45) is 11.8 Å². The number of aliphatic hydroxyl groups is 1. The van der Waals surface area contributed by atoms with Crippen molar-refractivity contribution in [1.82, 2.24) is 9.29 Å². The van der Waals surface area contributed by atoms with E-state index in [1.807, 2.05) is 13.8 Å². The van der Waals surface area contributed by atoms with E-state index in [2.05, 4.69) is 11.6 Å². The zero-order valence-electron chi connectivity index (χ0n) is 13.0. The number of nitrogens with one attached hydrogen (secondary N) is 1. The summed E-state index contributed by atoms with van der Waals surface area (Å²) in [6.45, 7) is 6.45. The van der Waals surface area contributed by atoms with Crippen molar-refractivity contribution < 1.29 is 13.5 Å². The van der Waals surface area contributed by atoms with Gasteiger partial charge in [-0.15, -0.1) is 0 Å². The summed E-state index contributed by atoms with van der Waals surface area (Å²) >= 11 is 0. The van der Waals surface area contributed by atoms with Gasteiger partial charge in [0, 0.05) is 24.5 Å². The normalized spacial score (nSPS) is 23.1. The molecule has 0 amide bonds. The van der Waals surface area contributed by atoms with E-state index in [4.69, 9.17) is 0 Å². The van der Waals surface area contributed by atoms with Gasteiger partial charge in [0.15, 0.2) is 0 Å². The maximum atomic E-state index is 12.4. The third-order valence-electron chi connectivity index (χ3n) is 4.51. The van der Waals surface area contributed by atoms with Crippen LogP contribution >= 0.6 is 0 Å². The lowest BCUT2D eigenvalue weighted by Crippen LogP contribution is -2.30. The van der Waals surface area contributed by atoms with Crippen molar-refractivity contribution in [1.29, 1.82) is 0 Å². The van der Waals surface area contributed by atoms with Crippen LogP contribution in [0.1, 0.15) is 51.8 Å². The molecule has 0 aromatic carbocycles. The molecule has 2 unspecified atom stereocenters. The second-order valence-electron chi connectivity index (χ2n) is 6.35. The molecule has 0 radical (unpaired) electrons. The van der Waals surface area contributed by atoms with Gasteiger partial charge in [-0.1, -0.05) is 19.8 Å². The van der Waals surface area contributed by atoms with E-state index >= 15 is 0 Å². The first kappa shape index (κ1) is 16.5. The lowest BCUT2D eigenvalue weighted by Gasteiger charge is -2.15. The number of hydrogen-bond acceptors (Lipinski definition) is 3. The van der Waals surface area contributed by atoms with Gasteiger partial charge in [0.2, 0.25) is 10.0 Å². The Morgan fingerprint density at radius 1 is 1.43 bits per heavy atom. The third kappa shape index (κ3) is 3.67. The fourth-order valence-electron chi connectivity index (χ4n) is 3.08. The van der Waals surface area contributed by atoms with E-state index < -0.39 is 10.0 Å². The second kappa shape index (κ2) is 6.50. The highest BCUT2D eigenvalue weighted by Crippen LogP contribution is 2.30. The Morgan fingerprint density at radius 2 is 2.14 bits per heavy atom. The lowest BCUT2D eigenvalue weighted by atomic mass is 9.99. The van der Waals surface area contributed by atoms with Crippen LogP contribution in [0.4, 0.5) is 0 Å². The number of hydrogen-bond donors (Lipinski definition) is 2. The summed E-state index contributed by atoms with van der Waals surface area (Å²) in [6.07, 6.45) is 5.08. The van der Waals surface area contributed by atoms with Gasteiger partial charge in [-0.3, -0.25) is 0 Å². The fraction of sp³-hybridized carbons (Fsp3) is 0.733. The van der Waals surface area contributed by atoms with Gasteiger partial charge < -0.3 is 9.67 Å². The minimum Gasteiger partial charge on any atom is -0.390 e. The molecule has 0 aliphatic heterocycles. The molecule has 2 rings (SSSR count). The molecule has 5 nitrogen and oxygen atoms in total. The predicted octanol–water partition coefficient (Wildman–Crippen LogP) is 2.28. The van der Waals surface area contributed by atoms with Gasteiger partial charge in [0.05, 0.1) is 11.5 Å². The quantitative estimate of drug-likeness (QED) is 0.846. The van der Waals surface area contributed by atoms with Gasteiger partial charge in [-0.25, -0.2) is 13.1 Å². The highest BCUT2D eigenvalue weighted by molar-refractivity contribution is 7.89. The Kier molecular flexibility index (Phi) is 5.11. The third-order valence-corrected chi connectivity index (χ3v) is 5.90. The van der Waals surface area contributed by atoms with E-state index in [-0.39, 0.29) is 17.5 Å². The van der Waals surface area contributed by atoms with Gasteiger partial charge >= 0.3 is 0 Å². The highest BCUT2D eigenvalue weighted by atomic mass is 32.2. The second-order valence-corrected chi connectivity index (χ2v) is 8.11. The monoisotopic (exact) mass is 314 g/mol. The number of aromatic nitrogens is 1. The molecule has 2 atom stereocenters. The molecule has 120 valence electrons. The van der Waals surface area contributed by atoms with Gasteiger partial charge in [-0.2, -0.15) is 0 Å². The molecule has 2 N–H and O–H groups in total. The first-order valence-corrected chi connectivity index (χ1v) is 9.14. The van der Waals surface area contributed by atoms with Crippen molar-refractivity contribution in [3.8, 4) is 0 Å². The van der Waals surface area contributed by atoms with Gasteiger partial charge in [0.1, 0.15) is 0 Å². The number of rotatable bonds is 6. The molecule has 1 fully saturated rings. The standard InChI is InChI=1S/C15H26N2O3S/c1-11(2)17-9-15(7-14(17)10-18)21(19,20)16-8-13-6-4-5-12(13)3/h7,9,11-13,16,18H,4-6,8,10H2,1-3H3. The lowest BCUT2D eigenvalue weighted by molar-refractivity contribution is 0.268. The zero-order valence-corrected chi connectivity index (χ0v) is 13.9. The summed E-state index contributed by atoms with van der Waals surface area (Å²) in [4.78, 5) is 0.242. The van der Waals surface area contributed by atoms with Crippen molar-refractivity contribution in [2.45, 2.75) is 57.6 Å². The molecule has 1 heterocycles. The molecular weight excluding hydrogens is 288 g/mol. The fourth-order valence-corrected chi connectivity index (χ4v) is 4.22. The molecule has 1 aromatic rings. The Morgan fingerprint density at radius 3 is 2.62 bits per heavy atom. The van der Waals surface area contributed by atoms with Crippen molar-refractivity contribution in [3.05, 3.63) is 18.0 Å². The first-order valence-electron chi connectivity index (χ1n) is 7.66. The minimum absolute atomic E-state index is 0.117. The van der Waals surface area contributed by atoms with Gasteiger partial charge in [0.25, 0.3) is 0 Å². The van der Waals surface area contributed by atoms with Crippen molar-refractivity contribution in [3.63, 3.8) is 0 Å².